The van der Waals surface area contributed by atoms with Gasteiger partial charge in [-0.25, -0.2) is 5.84 Å². The highest BCUT2D eigenvalue weighted by molar-refractivity contribution is 5.80. The molecule has 0 aliphatic heterocycles. The third-order valence-electron chi connectivity index (χ3n) is 7.92. The van der Waals surface area contributed by atoms with Gasteiger partial charge in [0, 0.05) is 43.7 Å². The molecule has 43 heavy (non-hydrogen) atoms. The number of Topliss-reactive ketones (excluding diaryl/α,β-unsaturated/α-hetero) is 1. The first-order valence-electron chi connectivity index (χ1n) is 17.4. The van der Waals surface area contributed by atoms with Gasteiger partial charge in [0.25, 0.3) is 0 Å². The summed E-state index contributed by atoms with van der Waals surface area (Å²) in [5.74, 6) is 5.42. The van der Waals surface area contributed by atoms with Gasteiger partial charge in [0.1, 0.15) is 11.8 Å². The highest BCUT2D eigenvalue weighted by Gasteiger charge is 2.16. The largest absolute Gasteiger partial charge is 0.480 e. The Hall–Kier alpha value is -2.13. The lowest BCUT2D eigenvalue weighted by molar-refractivity contribution is -0.139. The number of allylic oxidation sites excluding steroid dienone is 1. The second kappa shape index (κ2) is 28.6. The molecule has 9 nitrogen and oxygen atoms in total. The first kappa shape index (κ1) is 40.9. The monoisotopic (exact) mass is 610 g/mol. The van der Waals surface area contributed by atoms with Crippen molar-refractivity contribution in [2.75, 3.05) is 19.6 Å². The molecule has 9 heteroatoms. The Morgan fingerprint density at radius 2 is 1.30 bits per heavy atom. The Balaban J connectivity index is 3.74. The standard InChI is InChI=1S/C34H67N5O4/c1-4-5-6-7-8-9-10-11-12-13-14-15-16-22-33(41)38-26-19-18-25-37-31(34(42)43)21-17-20-27-39(36)28-30(35)23-24-32(40)29(2)3/h28-29,31,37H,4-27,35-36H2,1-3H3,(H,38,41)(H,42,43)/b30-28-. The van der Waals surface area contributed by atoms with E-state index < -0.39 is 12.0 Å². The van der Waals surface area contributed by atoms with Crippen molar-refractivity contribution in [1.29, 1.82) is 0 Å². The van der Waals surface area contributed by atoms with Crippen molar-refractivity contribution in [3.05, 3.63) is 11.9 Å². The molecule has 0 saturated carbocycles. The average Bonchev–Trinajstić information content (AvgIpc) is 2.96. The predicted molar refractivity (Wildman–Crippen MR) is 178 cm³/mol. The van der Waals surface area contributed by atoms with Crippen molar-refractivity contribution < 1.29 is 19.5 Å². The topological polar surface area (TPSA) is 151 Å². The summed E-state index contributed by atoms with van der Waals surface area (Å²) in [7, 11) is 0. The van der Waals surface area contributed by atoms with Crippen LogP contribution in [0.3, 0.4) is 0 Å². The number of rotatable bonds is 31. The molecular weight excluding hydrogens is 542 g/mol. The molecule has 0 aliphatic rings. The van der Waals surface area contributed by atoms with Gasteiger partial charge in [-0.05, 0) is 51.5 Å². The summed E-state index contributed by atoms with van der Waals surface area (Å²) >= 11 is 0. The van der Waals surface area contributed by atoms with Crippen LogP contribution in [-0.2, 0) is 14.4 Å². The molecule has 0 fully saturated rings. The van der Waals surface area contributed by atoms with E-state index in [9.17, 15) is 19.5 Å². The normalized spacial score (nSPS) is 12.4. The number of amides is 1. The molecule has 0 rings (SSSR count). The molecule has 7 N–H and O–H groups in total. The molecule has 1 atom stereocenters. The number of hydrogen-bond acceptors (Lipinski definition) is 7. The van der Waals surface area contributed by atoms with Gasteiger partial charge in [-0.2, -0.15) is 0 Å². The molecule has 0 aromatic heterocycles. The molecule has 0 aromatic rings. The Labute approximate surface area is 263 Å². The van der Waals surface area contributed by atoms with E-state index in [0.29, 0.717) is 57.4 Å². The minimum atomic E-state index is -0.852. The van der Waals surface area contributed by atoms with Crippen molar-refractivity contribution in [3.63, 3.8) is 0 Å². The first-order chi connectivity index (χ1) is 20.7. The van der Waals surface area contributed by atoms with Gasteiger partial charge in [-0.1, -0.05) is 97.8 Å². The molecule has 0 spiro atoms. The van der Waals surface area contributed by atoms with Crippen molar-refractivity contribution in [3.8, 4) is 0 Å². The van der Waals surface area contributed by atoms with E-state index in [1.165, 1.54) is 75.6 Å². The van der Waals surface area contributed by atoms with Gasteiger partial charge in [0.05, 0.1) is 0 Å². The molecule has 0 heterocycles. The summed E-state index contributed by atoms with van der Waals surface area (Å²) in [5, 5.41) is 17.1. The Morgan fingerprint density at radius 3 is 1.86 bits per heavy atom. The Morgan fingerprint density at radius 1 is 0.744 bits per heavy atom. The fraction of sp³-hybridized carbons (Fsp3) is 0.853. The minimum Gasteiger partial charge on any atom is -0.480 e. The van der Waals surface area contributed by atoms with Gasteiger partial charge in [0.2, 0.25) is 5.91 Å². The zero-order valence-corrected chi connectivity index (χ0v) is 28.0. The summed E-state index contributed by atoms with van der Waals surface area (Å²) < 4.78 is 0. The number of hydrazine groups is 1. The van der Waals surface area contributed by atoms with Crippen LogP contribution in [0.2, 0.25) is 0 Å². The van der Waals surface area contributed by atoms with Crippen LogP contribution in [0.1, 0.15) is 156 Å². The third-order valence-corrected chi connectivity index (χ3v) is 7.92. The van der Waals surface area contributed by atoms with Gasteiger partial charge in [-0.15, -0.1) is 0 Å². The quantitative estimate of drug-likeness (QED) is 0.0337. The molecule has 0 bridgehead atoms. The smallest absolute Gasteiger partial charge is 0.320 e. The molecule has 0 aromatic carbocycles. The minimum absolute atomic E-state index is 0.00194. The summed E-state index contributed by atoms with van der Waals surface area (Å²) in [6, 6.07) is -0.598. The van der Waals surface area contributed by atoms with Gasteiger partial charge < -0.3 is 26.5 Å². The summed E-state index contributed by atoms with van der Waals surface area (Å²) in [4.78, 5) is 35.4. The molecule has 0 radical (unpaired) electrons. The predicted octanol–water partition coefficient (Wildman–Crippen LogP) is 6.56. The zero-order valence-electron chi connectivity index (χ0n) is 28.0. The molecule has 1 amide bonds. The third kappa shape index (κ3) is 27.2. The van der Waals surface area contributed by atoms with Gasteiger partial charge in [0.15, 0.2) is 0 Å². The van der Waals surface area contributed by atoms with Crippen molar-refractivity contribution in [2.45, 2.75) is 162 Å². The Kier molecular flexibility index (Phi) is 27.2. The SMILES string of the molecule is CCCCCCCCCCCCCCCC(=O)NCCCCNC(CCCCN(N)/C=C(\N)CCC(=O)C(C)C)C(=O)O. The molecule has 1 unspecified atom stereocenters. The Bertz CT molecular complexity index is 744. The maximum absolute atomic E-state index is 12.1. The van der Waals surface area contributed by atoms with E-state index in [0.717, 1.165) is 32.1 Å². The lowest BCUT2D eigenvalue weighted by Gasteiger charge is -2.17. The van der Waals surface area contributed by atoms with E-state index in [4.69, 9.17) is 11.6 Å². The number of carbonyl (C=O) groups excluding carboxylic acids is 2. The molecule has 0 aliphatic carbocycles. The van der Waals surface area contributed by atoms with Crippen LogP contribution in [0.15, 0.2) is 11.9 Å². The second-order valence-corrected chi connectivity index (χ2v) is 12.5. The van der Waals surface area contributed by atoms with Crippen molar-refractivity contribution in [2.24, 2.45) is 17.5 Å². The number of nitrogens with zero attached hydrogens (tertiary/aromatic N) is 1. The number of unbranched alkanes of at least 4 members (excludes halogenated alkanes) is 14. The van der Waals surface area contributed by atoms with Crippen LogP contribution in [0.25, 0.3) is 0 Å². The first-order valence-corrected chi connectivity index (χ1v) is 17.4. The van der Waals surface area contributed by atoms with Crippen LogP contribution in [0, 0.1) is 5.92 Å². The zero-order chi connectivity index (χ0) is 32.1. The molecule has 252 valence electrons. The van der Waals surface area contributed by atoms with Crippen molar-refractivity contribution in [1.82, 2.24) is 15.6 Å². The van der Waals surface area contributed by atoms with Crippen LogP contribution < -0.4 is 22.2 Å². The lowest BCUT2D eigenvalue weighted by atomic mass is 10.0. The summed E-state index contributed by atoms with van der Waals surface area (Å²) in [5.41, 5.74) is 6.53. The average molecular weight is 610 g/mol. The van der Waals surface area contributed by atoms with Gasteiger partial charge >= 0.3 is 5.97 Å². The number of ketones is 1. The fourth-order valence-corrected chi connectivity index (χ4v) is 5.00. The lowest BCUT2D eigenvalue weighted by Crippen LogP contribution is -2.37. The molecule has 0 saturated heterocycles. The highest BCUT2D eigenvalue weighted by atomic mass is 16.4. The van der Waals surface area contributed by atoms with E-state index in [2.05, 4.69) is 17.6 Å². The van der Waals surface area contributed by atoms with E-state index in [-0.39, 0.29) is 17.6 Å². The maximum atomic E-state index is 12.1. The number of nitrogens with one attached hydrogen (secondary N) is 2. The maximum Gasteiger partial charge on any atom is 0.320 e. The van der Waals surface area contributed by atoms with Crippen LogP contribution in [0.5, 0.6) is 0 Å². The summed E-state index contributed by atoms with van der Waals surface area (Å²) in [6.45, 7) is 7.80. The number of hydrogen-bond donors (Lipinski definition) is 5. The van der Waals surface area contributed by atoms with E-state index >= 15 is 0 Å². The summed E-state index contributed by atoms with van der Waals surface area (Å²) in [6.07, 6.45) is 23.6. The van der Waals surface area contributed by atoms with Crippen molar-refractivity contribution >= 4 is 17.7 Å². The number of nitrogens with two attached hydrogens (primary N) is 2. The number of carbonyl (C=O) groups is 3. The number of carboxylic acids is 1. The van der Waals surface area contributed by atoms with Crippen LogP contribution in [-0.4, -0.2) is 53.5 Å². The highest BCUT2D eigenvalue weighted by Crippen LogP contribution is 2.13. The van der Waals surface area contributed by atoms with Crippen LogP contribution >= 0.6 is 0 Å². The van der Waals surface area contributed by atoms with E-state index in [1.54, 1.807) is 6.20 Å². The number of aliphatic carboxylic acids is 1. The van der Waals surface area contributed by atoms with E-state index in [1.807, 2.05) is 13.8 Å². The van der Waals surface area contributed by atoms with Gasteiger partial charge in [-0.3, -0.25) is 14.4 Å². The second-order valence-electron chi connectivity index (χ2n) is 12.5. The van der Waals surface area contributed by atoms with Crippen LogP contribution in [0.4, 0.5) is 0 Å². The fourth-order valence-electron chi connectivity index (χ4n) is 5.00. The number of carboxylic acid groups (broad SMARTS) is 1. The molecular formula is C34H67N5O4.